The molecule has 1 aromatic carbocycles. The molecule has 0 spiro atoms. The molecule has 1 aliphatic carbocycles. The van der Waals surface area contributed by atoms with Gasteiger partial charge in [-0.15, -0.1) is 0 Å². The highest BCUT2D eigenvalue weighted by Crippen LogP contribution is 2.33. The Labute approximate surface area is 159 Å². The summed E-state index contributed by atoms with van der Waals surface area (Å²) >= 11 is 0. The molecule has 6 heteroatoms. The molecule has 2 heterocycles. The van der Waals surface area contributed by atoms with Crippen LogP contribution in [0.5, 0.6) is 5.75 Å². The quantitative estimate of drug-likeness (QED) is 0.846. The molecule has 27 heavy (non-hydrogen) atoms. The molecule has 0 amide bonds. The lowest BCUT2D eigenvalue weighted by Gasteiger charge is -2.26. The minimum Gasteiger partial charge on any atom is -0.491 e. The Morgan fingerprint density at radius 2 is 2.00 bits per heavy atom. The number of aliphatic hydroxyl groups is 1. The van der Waals surface area contributed by atoms with Gasteiger partial charge in [-0.2, -0.15) is 0 Å². The maximum Gasteiger partial charge on any atom is 0.126 e. The van der Waals surface area contributed by atoms with E-state index in [0.717, 1.165) is 38.1 Å². The van der Waals surface area contributed by atoms with Gasteiger partial charge in [-0.25, -0.2) is 9.37 Å². The molecule has 1 aliphatic heterocycles. The first-order valence-electron chi connectivity index (χ1n) is 9.96. The molecule has 0 saturated carbocycles. The number of likely N-dealkylation sites (tertiary alicyclic amines) is 1. The van der Waals surface area contributed by atoms with Crippen LogP contribution in [0.4, 0.5) is 4.39 Å². The van der Waals surface area contributed by atoms with E-state index in [-0.39, 0.29) is 18.5 Å². The Hall–Kier alpha value is -1.92. The number of hydrogen-bond donors (Lipinski definition) is 1. The SMILES string of the molecule is Cn1c([C@H]2CCCN2C[C@H](O)COc2ccc(F)cc2)nc2c1CCCC2. The van der Waals surface area contributed by atoms with Gasteiger partial charge in [0, 0.05) is 19.3 Å². The number of β-amino-alcohol motifs (C(OH)–C–C–N with tert-alkyl or cyclic N) is 1. The van der Waals surface area contributed by atoms with Crippen molar-refractivity contribution < 1.29 is 14.2 Å². The molecule has 4 rings (SSSR count). The summed E-state index contributed by atoms with van der Waals surface area (Å²) in [6.07, 6.45) is 6.30. The fourth-order valence-corrected chi connectivity index (χ4v) is 4.39. The summed E-state index contributed by atoms with van der Waals surface area (Å²) in [4.78, 5) is 7.29. The topological polar surface area (TPSA) is 50.5 Å². The second kappa shape index (κ2) is 7.98. The van der Waals surface area contributed by atoms with Gasteiger partial charge in [-0.3, -0.25) is 4.90 Å². The van der Waals surface area contributed by atoms with Gasteiger partial charge < -0.3 is 14.4 Å². The summed E-state index contributed by atoms with van der Waals surface area (Å²) in [6, 6.07) is 6.15. The van der Waals surface area contributed by atoms with Crippen LogP contribution < -0.4 is 4.74 Å². The lowest BCUT2D eigenvalue weighted by atomic mass is 10.0. The highest BCUT2D eigenvalue weighted by Gasteiger charge is 2.32. The van der Waals surface area contributed by atoms with Crippen LogP contribution in [0.25, 0.3) is 0 Å². The molecule has 146 valence electrons. The van der Waals surface area contributed by atoms with Crippen LogP contribution in [0.2, 0.25) is 0 Å². The van der Waals surface area contributed by atoms with Crippen molar-refractivity contribution in [3.63, 3.8) is 0 Å². The van der Waals surface area contributed by atoms with Gasteiger partial charge in [0.05, 0.1) is 11.7 Å². The standard InChI is InChI=1S/C21H28FN3O2/c1-24-19-6-3-2-5-18(19)23-21(24)20-7-4-12-25(20)13-16(26)14-27-17-10-8-15(22)9-11-17/h8-11,16,20,26H,2-7,12-14H2,1H3/t16-,20+/m0/s1. The summed E-state index contributed by atoms with van der Waals surface area (Å²) in [5, 5.41) is 10.5. The smallest absolute Gasteiger partial charge is 0.126 e. The molecule has 2 aliphatic rings. The van der Waals surface area contributed by atoms with E-state index >= 15 is 0 Å². The van der Waals surface area contributed by atoms with Crippen LogP contribution in [0.3, 0.4) is 0 Å². The predicted molar refractivity (Wildman–Crippen MR) is 101 cm³/mol. The number of ether oxygens (including phenoxy) is 1. The summed E-state index contributed by atoms with van der Waals surface area (Å²) < 4.78 is 20.8. The molecule has 0 unspecified atom stereocenters. The zero-order valence-electron chi connectivity index (χ0n) is 15.9. The Morgan fingerprint density at radius 1 is 1.22 bits per heavy atom. The Balaban J connectivity index is 1.38. The molecule has 0 bridgehead atoms. The van der Waals surface area contributed by atoms with Crippen LogP contribution in [-0.4, -0.2) is 45.4 Å². The van der Waals surface area contributed by atoms with Gasteiger partial charge in [0.25, 0.3) is 0 Å². The summed E-state index contributed by atoms with van der Waals surface area (Å²) in [6.45, 7) is 1.73. The third kappa shape index (κ3) is 4.01. The van der Waals surface area contributed by atoms with Crippen molar-refractivity contribution in [2.24, 2.45) is 7.05 Å². The normalized spacial score (nSPS) is 21.2. The highest BCUT2D eigenvalue weighted by molar-refractivity contribution is 5.23. The third-order valence-corrected chi connectivity index (χ3v) is 5.77. The van der Waals surface area contributed by atoms with Gasteiger partial charge in [0.1, 0.15) is 30.1 Å². The number of aliphatic hydroxyl groups excluding tert-OH is 1. The Kier molecular flexibility index (Phi) is 5.45. The van der Waals surface area contributed by atoms with E-state index in [9.17, 15) is 9.50 Å². The van der Waals surface area contributed by atoms with E-state index < -0.39 is 6.10 Å². The first-order valence-corrected chi connectivity index (χ1v) is 9.96. The Bertz CT molecular complexity index is 774. The van der Waals surface area contributed by atoms with Crippen molar-refractivity contribution in [2.45, 2.75) is 50.7 Å². The molecule has 2 aromatic rings. The largest absolute Gasteiger partial charge is 0.491 e. The molecule has 1 aromatic heterocycles. The number of imidazole rings is 1. The van der Waals surface area contributed by atoms with E-state index in [1.54, 1.807) is 12.1 Å². The predicted octanol–water partition coefficient (Wildman–Crippen LogP) is 3.01. The fourth-order valence-electron chi connectivity index (χ4n) is 4.39. The number of aromatic nitrogens is 2. The van der Waals surface area contributed by atoms with Gasteiger partial charge in [-0.1, -0.05) is 0 Å². The summed E-state index contributed by atoms with van der Waals surface area (Å²) in [7, 11) is 2.14. The van der Waals surface area contributed by atoms with E-state index in [4.69, 9.17) is 9.72 Å². The second-order valence-corrected chi connectivity index (χ2v) is 7.70. The van der Waals surface area contributed by atoms with Gasteiger partial charge in [0.15, 0.2) is 0 Å². The molecule has 0 radical (unpaired) electrons. The molecular weight excluding hydrogens is 345 g/mol. The van der Waals surface area contributed by atoms with Crippen molar-refractivity contribution in [1.82, 2.24) is 14.5 Å². The first-order chi connectivity index (χ1) is 13.1. The lowest BCUT2D eigenvalue weighted by Crippen LogP contribution is -2.36. The average Bonchev–Trinajstić information content (AvgIpc) is 3.26. The first kappa shape index (κ1) is 18.4. The lowest BCUT2D eigenvalue weighted by molar-refractivity contribution is 0.0623. The highest BCUT2D eigenvalue weighted by atomic mass is 19.1. The van der Waals surface area contributed by atoms with Crippen molar-refractivity contribution in [1.29, 1.82) is 0 Å². The minimum atomic E-state index is -0.592. The molecular formula is C21H28FN3O2. The number of benzene rings is 1. The van der Waals surface area contributed by atoms with E-state index in [2.05, 4.69) is 16.5 Å². The van der Waals surface area contributed by atoms with Crippen LogP contribution in [-0.2, 0) is 19.9 Å². The van der Waals surface area contributed by atoms with Crippen LogP contribution in [0.15, 0.2) is 24.3 Å². The molecule has 1 fully saturated rings. The van der Waals surface area contributed by atoms with E-state index in [0.29, 0.717) is 12.3 Å². The molecule has 1 N–H and O–H groups in total. The zero-order chi connectivity index (χ0) is 18.8. The number of halogens is 1. The van der Waals surface area contributed by atoms with E-state index in [1.807, 2.05) is 0 Å². The number of fused-ring (bicyclic) bond motifs is 1. The number of rotatable bonds is 6. The van der Waals surface area contributed by atoms with Crippen LogP contribution >= 0.6 is 0 Å². The van der Waals surface area contributed by atoms with Crippen molar-refractivity contribution in [3.05, 3.63) is 47.3 Å². The van der Waals surface area contributed by atoms with Gasteiger partial charge in [0.2, 0.25) is 0 Å². The van der Waals surface area contributed by atoms with Gasteiger partial charge >= 0.3 is 0 Å². The summed E-state index contributed by atoms with van der Waals surface area (Å²) in [5.74, 6) is 1.43. The maximum absolute atomic E-state index is 13.0. The summed E-state index contributed by atoms with van der Waals surface area (Å²) in [5.41, 5.74) is 2.66. The third-order valence-electron chi connectivity index (χ3n) is 5.77. The maximum atomic E-state index is 13.0. The average molecular weight is 373 g/mol. The Morgan fingerprint density at radius 3 is 2.78 bits per heavy atom. The molecule has 2 atom stereocenters. The van der Waals surface area contributed by atoms with Crippen molar-refractivity contribution in [3.8, 4) is 5.75 Å². The van der Waals surface area contributed by atoms with E-state index in [1.165, 1.54) is 36.4 Å². The number of aryl methyl sites for hydroxylation is 1. The second-order valence-electron chi connectivity index (χ2n) is 7.70. The van der Waals surface area contributed by atoms with Gasteiger partial charge in [-0.05, 0) is 69.3 Å². The monoisotopic (exact) mass is 373 g/mol. The molecule has 1 saturated heterocycles. The van der Waals surface area contributed by atoms with Crippen LogP contribution in [0.1, 0.15) is 48.9 Å². The fraction of sp³-hybridized carbons (Fsp3) is 0.571. The number of hydrogen-bond acceptors (Lipinski definition) is 4. The number of nitrogens with zero attached hydrogens (tertiary/aromatic N) is 3. The molecule has 5 nitrogen and oxygen atoms in total. The zero-order valence-corrected chi connectivity index (χ0v) is 15.9. The minimum absolute atomic E-state index is 0.200. The van der Waals surface area contributed by atoms with Crippen LogP contribution in [0, 0.1) is 5.82 Å². The van der Waals surface area contributed by atoms with Crippen molar-refractivity contribution in [2.75, 3.05) is 19.7 Å². The van der Waals surface area contributed by atoms with Crippen molar-refractivity contribution >= 4 is 0 Å².